The van der Waals surface area contributed by atoms with Crippen molar-refractivity contribution in [2.24, 2.45) is 5.84 Å². The first-order valence-corrected chi connectivity index (χ1v) is 6.54. The average Bonchev–Trinajstić information content (AvgIpc) is 2.43. The van der Waals surface area contributed by atoms with Crippen LogP contribution >= 0.6 is 0 Å². The summed E-state index contributed by atoms with van der Waals surface area (Å²) in [5.74, 6) is 5.15. The third-order valence-corrected chi connectivity index (χ3v) is 3.08. The number of nitrogens with zero attached hydrogens (tertiary/aromatic N) is 1. The quantitative estimate of drug-likeness (QED) is 0.440. The number of hydrogen-bond donors (Lipinski definition) is 2. The molecule has 0 aliphatic carbocycles. The molecule has 1 aromatic carbocycles. The van der Waals surface area contributed by atoms with Crippen LogP contribution in [0.25, 0.3) is 0 Å². The summed E-state index contributed by atoms with van der Waals surface area (Å²) in [5.41, 5.74) is 3.26. The van der Waals surface area contributed by atoms with Gasteiger partial charge in [0.1, 0.15) is 6.04 Å². The highest BCUT2D eigenvalue weighted by Crippen LogP contribution is 2.21. The fraction of sp³-hybridized carbons (Fsp3) is 0.500. The molecule has 0 aromatic heterocycles. The van der Waals surface area contributed by atoms with E-state index in [0.29, 0.717) is 0 Å². The first kappa shape index (κ1) is 14.7. The lowest BCUT2D eigenvalue weighted by molar-refractivity contribution is -0.126. The highest BCUT2D eigenvalue weighted by Gasteiger charge is 2.25. The van der Waals surface area contributed by atoms with E-state index in [9.17, 15) is 4.79 Å². The van der Waals surface area contributed by atoms with Crippen LogP contribution in [0.4, 0.5) is 0 Å². The molecule has 1 rings (SSSR count). The summed E-state index contributed by atoms with van der Waals surface area (Å²) in [6.45, 7) is 5.94. The molecule has 0 bridgehead atoms. The van der Waals surface area contributed by atoms with Crippen LogP contribution in [0.5, 0.6) is 0 Å². The maximum Gasteiger partial charge on any atom is 0.255 e. The molecule has 0 fully saturated rings. The lowest BCUT2D eigenvalue weighted by atomic mass is 10.0. The molecule has 0 saturated heterocycles. The molecule has 0 saturated carbocycles. The van der Waals surface area contributed by atoms with E-state index in [-0.39, 0.29) is 11.9 Å². The first-order valence-electron chi connectivity index (χ1n) is 6.54. The Labute approximate surface area is 109 Å². The number of rotatable bonds is 7. The van der Waals surface area contributed by atoms with E-state index >= 15 is 0 Å². The number of hydrogen-bond acceptors (Lipinski definition) is 3. The largest absolute Gasteiger partial charge is 0.293 e. The third-order valence-electron chi connectivity index (χ3n) is 3.08. The van der Waals surface area contributed by atoms with Gasteiger partial charge in [-0.1, -0.05) is 50.6 Å². The number of carbonyl (C=O) groups excluding carboxylic acids is 1. The summed E-state index contributed by atoms with van der Waals surface area (Å²) in [5, 5.41) is 0. The van der Waals surface area contributed by atoms with Gasteiger partial charge in [0, 0.05) is 0 Å². The fourth-order valence-electron chi connectivity index (χ4n) is 2.07. The van der Waals surface area contributed by atoms with Gasteiger partial charge in [0.15, 0.2) is 0 Å². The normalized spacial score (nSPS) is 12.4. The Morgan fingerprint density at radius 2 is 2.00 bits per heavy atom. The van der Waals surface area contributed by atoms with Gasteiger partial charge in [-0.15, -0.1) is 0 Å². The van der Waals surface area contributed by atoms with Crippen molar-refractivity contribution in [3.63, 3.8) is 0 Å². The number of nitrogens with one attached hydrogen (secondary N) is 1. The van der Waals surface area contributed by atoms with E-state index in [1.165, 1.54) is 0 Å². The zero-order chi connectivity index (χ0) is 13.4. The summed E-state index contributed by atoms with van der Waals surface area (Å²) in [6, 6.07) is 9.47. The van der Waals surface area contributed by atoms with Gasteiger partial charge >= 0.3 is 0 Å². The van der Waals surface area contributed by atoms with Crippen molar-refractivity contribution in [1.82, 2.24) is 10.3 Å². The van der Waals surface area contributed by atoms with Crippen molar-refractivity contribution < 1.29 is 4.79 Å². The van der Waals surface area contributed by atoms with Crippen molar-refractivity contribution in [1.29, 1.82) is 0 Å². The minimum atomic E-state index is -0.298. The van der Waals surface area contributed by atoms with E-state index in [1.54, 1.807) is 0 Å². The highest BCUT2D eigenvalue weighted by molar-refractivity contribution is 5.82. The number of amides is 1. The molecule has 100 valence electrons. The Bertz CT molecular complexity index is 353. The molecule has 0 spiro atoms. The lowest BCUT2D eigenvalue weighted by Crippen LogP contribution is -2.43. The molecule has 3 N–H and O–H groups in total. The summed E-state index contributed by atoms with van der Waals surface area (Å²) >= 11 is 0. The molecule has 0 heterocycles. The van der Waals surface area contributed by atoms with Gasteiger partial charge in [-0.05, 0) is 25.1 Å². The minimum absolute atomic E-state index is 0.154. The van der Waals surface area contributed by atoms with E-state index in [2.05, 4.69) is 24.2 Å². The monoisotopic (exact) mass is 249 g/mol. The minimum Gasteiger partial charge on any atom is -0.293 e. The maximum absolute atomic E-state index is 12.0. The molecule has 0 radical (unpaired) electrons. The predicted octanol–water partition coefficient (Wildman–Crippen LogP) is 1.84. The van der Waals surface area contributed by atoms with E-state index < -0.39 is 0 Å². The van der Waals surface area contributed by atoms with E-state index in [0.717, 1.165) is 31.5 Å². The van der Waals surface area contributed by atoms with Crippen molar-refractivity contribution in [2.45, 2.75) is 32.7 Å². The molecule has 4 nitrogen and oxygen atoms in total. The van der Waals surface area contributed by atoms with Gasteiger partial charge in [-0.2, -0.15) is 0 Å². The van der Waals surface area contributed by atoms with Crippen LogP contribution in [0.1, 0.15) is 38.3 Å². The van der Waals surface area contributed by atoms with E-state index in [1.807, 2.05) is 30.3 Å². The molecule has 1 amide bonds. The molecule has 0 aliphatic rings. The smallest absolute Gasteiger partial charge is 0.255 e. The van der Waals surface area contributed by atoms with Crippen molar-refractivity contribution >= 4 is 5.91 Å². The summed E-state index contributed by atoms with van der Waals surface area (Å²) in [4.78, 5) is 14.2. The van der Waals surface area contributed by atoms with Gasteiger partial charge in [0.05, 0.1) is 0 Å². The topological polar surface area (TPSA) is 58.4 Å². The van der Waals surface area contributed by atoms with Gasteiger partial charge in [0.2, 0.25) is 0 Å². The van der Waals surface area contributed by atoms with Crippen molar-refractivity contribution in [3.8, 4) is 0 Å². The molecule has 1 unspecified atom stereocenters. The number of carbonyl (C=O) groups is 1. The lowest BCUT2D eigenvalue weighted by Gasteiger charge is -2.29. The molecule has 1 atom stereocenters. The Morgan fingerprint density at radius 3 is 2.50 bits per heavy atom. The Kier molecular flexibility index (Phi) is 6.39. The van der Waals surface area contributed by atoms with Crippen LogP contribution in [-0.2, 0) is 4.79 Å². The van der Waals surface area contributed by atoms with Crippen LogP contribution in [0.3, 0.4) is 0 Å². The van der Waals surface area contributed by atoms with Crippen molar-refractivity contribution in [2.75, 3.05) is 13.1 Å². The second kappa shape index (κ2) is 7.84. The van der Waals surface area contributed by atoms with Crippen LogP contribution in [-0.4, -0.2) is 23.9 Å². The van der Waals surface area contributed by atoms with Gasteiger partial charge < -0.3 is 0 Å². The Balaban J connectivity index is 2.93. The average molecular weight is 249 g/mol. The van der Waals surface area contributed by atoms with Crippen LogP contribution in [0.2, 0.25) is 0 Å². The predicted molar refractivity (Wildman–Crippen MR) is 73.7 cm³/mol. The second-order valence-electron chi connectivity index (χ2n) is 4.30. The number of unbranched alkanes of at least 4 members (excludes halogenated alkanes) is 1. The van der Waals surface area contributed by atoms with Crippen LogP contribution in [0, 0.1) is 0 Å². The number of likely N-dealkylation sites (N-methyl/N-ethyl adjacent to an activating group) is 1. The first-order chi connectivity index (χ1) is 8.74. The fourth-order valence-corrected chi connectivity index (χ4v) is 2.07. The Morgan fingerprint density at radius 1 is 1.33 bits per heavy atom. The highest BCUT2D eigenvalue weighted by atomic mass is 16.2. The number of hydrazine groups is 1. The van der Waals surface area contributed by atoms with Gasteiger partial charge in [-0.3, -0.25) is 15.1 Å². The van der Waals surface area contributed by atoms with E-state index in [4.69, 9.17) is 5.84 Å². The van der Waals surface area contributed by atoms with Gasteiger partial charge in [0.25, 0.3) is 5.91 Å². The maximum atomic E-state index is 12.0. The molecule has 18 heavy (non-hydrogen) atoms. The molecular formula is C14H23N3O. The SMILES string of the molecule is CCCCN(CC)C(C(=O)NN)c1ccccc1. The van der Waals surface area contributed by atoms with Gasteiger partial charge in [-0.25, -0.2) is 5.84 Å². The standard InChI is InChI=1S/C14H23N3O/c1-3-5-11-17(4-2)13(14(18)16-15)12-9-7-6-8-10-12/h6-10,13H,3-5,11,15H2,1-2H3,(H,16,18). The summed E-state index contributed by atoms with van der Waals surface area (Å²) in [6.07, 6.45) is 2.19. The van der Waals surface area contributed by atoms with Crippen LogP contribution < -0.4 is 11.3 Å². The van der Waals surface area contributed by atoms with Crippen LogP contribution in [0.15, 0.2) is 30.3 Å². The number of benzene rings is 1. The second-order valence-corrected chi connectivity index (χ2v) is 4.30. The molecule has 0 aliphatic heterocycles. The summed E-state index contributed by atoms with van der Waals surface area (Å²) in [7, 11) is 0. The zero-order valence-corrected chi connectivity index (χ0v) is 11.2. The molecule has 4 heteroatoms. The summed E-state index contributed by atoms with van der Waals surface area (Å²) < 4.78 is 0. The zero-order valence-electron chi connectivity index (χ0n) is 11.2. The molecular weight excluding hydrogens is 226 g/mol. The molecule has 1 aromatic rings. The van der Waals surface area contributed by atoms with Crippen molar-refractivity contribution in [3.05, 3.63) is 35.9 Å². The third kappa shape index (κ3) is 3.82. The number of nitrogens with two attached hydrogens (primary N) is 1. The Hall–Kier alpha value is -1.39.